The van der Waals surface area contributed by atoms with E-state index in [0.29, 0.717) is 64.0 Å². The molecule has 0 unspecified atom stereocenters. The van der Waals surface area contributed by atoms with E-state index in [9.17, 15) is 9.59 Å². The topological polar surface area (TPSA) is 62.3 Å². The molecule has 0 saturated carbocycles. The van der Waals surface area contributed by atoms with Crippen LogP contribution >= 0.6 is 0 Å². The Morgan fingerprint density at radius 2 is 1.71 bits per heavy atom. The van der Waals surface area contributed by atoms with Crippen LogP contribution in [-0.2, 0) is 9.53 Å². The average molecular weight is 389 g/mol. The highest BCUT2D eigenvalue weighted by Crippen LogP contribution is 2.17. The van der Waals surface area contributed by atoms with Crippen LogP contribution in [0, 0.1) is 5.92 Å². The number of ether oxygens (including phenoxy) is 2. The Morgan fingerprint density at radius 1 is 1.04 bits per heavy atom. The summed E-state index contributed by atoms with van der Waals surface area (Å²) in [6.45, 7) is 10.5. The van der Waals surface area contributed by atoms with Gasteiger partial charge in [-0.3, -0.25) is 14.5 Å². The Kier molecular flexibility index (Phi) is 7.28. The van der Waals surface area contributed by atoms with Crippen LogP contribution in [0.1, 0.15) is 24.2 Å². The first-order valence-electron chi connectivity index (χ1n) is 10.1. The molecule has 0 bridgehead atoms. The number of carbonyl (C=O) groups excluding carboxylic acids is 2. The monoisotopic (exact) mass is 389 g/mol. The Bertz CT molecular complexity index is 665. The van der Waals surface area contributed by atoms with Crippen molar-refractivity contribution >= 4 is 11.8 Å². The van der Waals surface area contributed by atoms with Crippen molar-refractivity contribution in [2.24, 2.45) is 5.92 Å². The van der Waals surface area contributed by atoms with Gasteiger partial charge in [-0.2, -0.15) is 0 Å². The summed E-state index contributed by atoms with van der Waals surface area (Å²) in [6, 6.07) is 7.35. The third-order valence-corrected chi connectivity index (χ3v) is 5.05. The van der Waals surface area contributed by atoms with Gasteiger partial charge in [0.05, 0.1) is 26.4 Å². The lowest BCUT2D eigenvalue weighted by Gasteiger charge is -2.36. The molecule has 0 aromatic heterocycles. The molecule has 1 aromatic carbocycles. The Morgan fingerprint density at radius 3 is 2.39 bits per heavy atom. The highest BCUT2D eigenvalue weighted by molar-refractivity contribution is 5.94. The summed E-state index contributed by atoms with van der Waals surface area (Å²) < 4.78 is 11.1. The lowest BCUT2D eigenvalue weighted by atomic mass is 10.1. The molecule has 0 radical (unpaired) electrons. The molecular weight excluding hydrogens is 358 g/mol. The lowest BCUT2D eigenvalue weighted by Crippen LogP contribution is -2.53. The van der Waals surface area contributed by atoms with Crippen LogP contribution in [0.3, 0.4) is 0 Å². The summed E-state index contributed by atoms with van der Waals surface area (Å²) in [5.41, 5.74) is 0.634. The summed E-state index contributed by atoms with van der Waals surface area (Å²) in [5.74, 6) is 1.29. The van der Waals surface area contributed by atoms with Crippen molar-refractivity contribution in [3.63, 3.8) is 0 Å². The molecule has 2 fully saturated rings. The summed E-state index contributed by atoms with van der Waals surface area (Å²) in [7, 11) is 0. The van der Waals surface area contributed by atoms with Gasteiger partial charge in [-0.15, -0.1) is 0 Å². The summed E-state index contributed by atoms with van der Waals surface area (Å²) in [6.07, 6.45) is 0. The minimum Gasteiger partial charge on any atom is -0.493 e. The number of amides is 2. The Labute approximate surface area is 167 Å². The van der Waals surface area contributed by atoms with Gasteiger partial charge in [0.25, 0.3) is 5.91 Å². The molecule has 0 N–H and O–H groups in total. The maximum atomic E-state index is 12.8. The third-order valence-electron chi connectivity index (χ3n) is 5.05. The van der Waals surface area contributed by atoms with Crippen molar-refractivity contribution < 1.29 is 19.1 Å². The second-order valence-corrected chi connectivity index (χ2v) is 7.79. The van der Waals surface area contributed by atoms with Crippen LogP contribution in [0.2, 0.25) is 0 Å². The van der Waals surface area contributed by atoms with E-state index in [4.69, 9.17) is 9.47 Å². The molecule has 1 aromatic rings. The number of benzene rings is 1. The van der Waals surface area contributed by atoms with Gasteiger partial charge in [0.2, 0.25) is 5.91 Å². The van der Waals surface area contributed by atoms with Crippen molar-refractivity contribution in [1.29, 1.82) is 0 Å². The molecule has 7 heteroatoms. The molecule has 2 heterocycles. The van der Waals surface area contributed by atoms with Gasteiger partial charge in [0.15, 0.2) is 0 Å². The number of hydrogen-bond acceptors (Lipinski definition) is 5. The molecule has 7 nitrogen and oxygen atoms in total. The summed E-state index contributed by atoms with van der Waals surface area (Å²) in [5, 5.41) is 0. The third kappa shape index (κ3) is 5.69. The molecule has 3 rings (SSSR count). The second-order valence-electron chi connectivity index (χ2n) is 7.79. The SMILES string of the molecule is CC(C)COc1cccc(C(=O)N2CCN(C(=O)CN3CCOCC3)CC2)c1. The van der Waals surface area contributed by atoms with Crippen LogP contribution in [-0.4, -0.2) is 92.1 Å². The summed E-state index contributed by atoms with van der Waals surface area (Å²) >= 11 is 0. The zero-order chi connectivity index (χ0) is 19.9. The van der Waals surface area contributed by atoms with E-state index in [1.807, 2.05) is 28.0 Å². The highest BCUT2D eigenvalue weighted by atomic mass is 16.5. The van der Waals surface area contributed by atoms with Gasteiger partial charge in [-0.1, -0.05) is 19.9 Å². The van der Waals surface area contributed by atoms with Gasteiger partial charge in [0.1, 0.15) is 5.75 Å². The first-order chi connectivity index (χ1) is 13.5. The number of piperazine rings is 1. The van der Waals surface area contributed by atoms with E-state index in [-0.39, 0.29) is 11.8 Å². The van der Waals surface area contributed by atoms with E-state index >= 15 is 0 Å². The fourth-order valence-corrected chi connectivity index (χ4v) is 3.37. The molecule has 154 valence electrons. The largest absolute Gasteiger partial charge is 0.493 e. The maximum absolute atomic E-state index is 12.8. The molecule has 2 amide bonds. The highest BCUT2D eigenvalue weighted by Gasteiger charge is 2.26. The predicted molar refractivity (Wildman–Crippen MR) is 107 cm³/mol. The van der Waals surface area contributed by atoms with E-state index in [1.54, 1.807) is 6.07 Å². The van der Waals surface area contributed by atoms with Crippen molar-refractivity contribution in [2.75, 3.05) is 65.6 Å². The molecular formula is C21H31N3O4. The van der Waals surface area contributed by atoms with E-state index < -0.39 is 0 Å². The fraction of sp³-hybridized carbons (Fsp3) is 0.619. The lowest BCUT2D eigenvalue weighted by molar-refractivity contribution is -0.134. The van der Waals surface area contributed by atoms with E-state index in [1.165, 1.54) is 0 Å². The predicted octanol–water partition coefficient (Wildman–Crippen LogP) is 1.34. The van der Waals surface area contributed by atoms with Gasteiger partial charge < -0.3 is 19.3 Å². The van der Waals surface area contributed by atoms with E-state index in [0.717, 1.165) is 18.8 Å². The smallest absolute Gasteiger partial charge is 0.254 e. The van der Waals surface area contributed by atoms with Crippen molar-refractivity contribution in [3.8, 4) is 5.75 Å². The van der Waals surface area contributed by atoms with Crippen LogP contribution in [0.5, 0.6) is 5.75 Å². The standard InChI is InChI=1S/C21H31N3O4/c1-17(2)16-28-19-5-3-4-18(14-19)21(26)24-8-6-23(7-9-24)20(25)15-22-10-12-27-13-11-22/h3-5,14,17H,6-13,15-16H2,1-2H3. The summed E-state index contributed by atoms with van der Waals surface area (Å²) in [4.78, 5) is 31.1. The van der Waals surface area contributed by atoms with Gasteiger partial charge in [0, 0.05) is 44.8 Å². The number of rotatable bonds is 6. The zero-order valence-electron chi connectivity index (χ0n) is 16.9. The van der Waals surface area contributed by atoms with Crippen molar-refractivity contribution in [2.45, 2.75) is 13.8 Å². The number of hydrogen-bond donors (Lipinski definition) is 0. The van der Waals surface area contributed by atoms with Crippen molar-refractivity contribution in [1.82, 2.24) is 14.7 Å². The van der Waals surface area contributed by atoms with Gasteiger partial charge in [-0.05, 0) is 24.1 Å². The quantitative estimate of drug-likeness (QED) is 0.735. The molecule has 2 aliphatic rings. The average Bonchev–Trinajstić information content (AvgIpc) is 2.73. The number of nitrogens with zero attached hydrogens (tertiary/aromatic N) is 3. The van der Waals surface area contributed by atoms with Gasteiger partial charge >= 0.3 is 0 Å². The van der Waals surface area contributed by atoms with Crippen LogP contribution in [0.15, 0.2) is 24.3 Å². The molecule has 0 spiro atoms. The first kappa shape index (κ1) is 20.6. The molecule has 28 heavy (non-hydrogen) atoms. The molecule has 2 aliphatic heterocycles. The minimum atomic E-state index is -0.00437. The molecule has 0 aliphatic carbocycles. The molecule has 2 saturated heterocycles. The van der Waals surface area contributed by atoms with Crippen LogP contribution in [0.25, 0.3) is 0 Å². The van der Waals surface area contributed by atoms with Gasteiger partial charge in [-0.25, -0.2) is 0 Å². The normalized spacial score (nSPS) is 18.4. The van der Waals surface area contributed by atoms with Crippen LogP contribution in [0.4, 0.5) is 0 Å². The second kappa shape index (κ2) is 9.89. The van der Waals surface area contributed by atoms with E-state index in [2.05, 4.69) is 18.7 Å². The zero-order valence-corrected chi connectivity index (χ0v) is 16.9. The fourth-order valence-electron chi connectivity index (χ4n) is 3.37. The number of morpholine rings is 1. The first-order valence-corrected chi connectivity index (χ1v) is 10.1. The minimum absolute atomic E-state index is 0.00437. The number of carbonyl (C=O) groups is 2. The van der Waals surface area contributed by atoms with Crippen LogP contribution < -0.4 is 4.74 Å². The maximum Gasteiger partial charge on any atom is 0.254 e. The Balaban J connectivity index is 1.49. The molecule has 0 atom stereocenters. The van der Waals surface area contributed by atoms with Crippen molar-refractivity contribution in [3.05, 3.63) is 29.8 Å². The Hall–Kier alpha value is -2.12.